The van der Waals surface area contributed by atoms with E-state index in [4.69, 9.17) is 4.42 Å². The van der Waals surface area contributed by atoms with Gasteiger partial charge in [-0.15, -0.1) is 0 Å². The number of rotatable bonds is 5. The molecular weight excluding hydrogens is 374 g/mol. The molecule has 3 aromatic rings. The minimum absolute atomic E-state index is 0.0636. The molecule has 5 nitrogen and oxygen atoms in total. The summed E-state index contributed by atoms with van der Waals surface area (Å²) in [4.78, 5) is 18.0. The summed E-state index contributed by atoms with van der Waals surface area (Å²) >= 11 is 1.55. The van der Waals surface area contributed by atoms with E-state index in [-0.39, 0.29) is 11.8 Å². The molecule has 1 saturated heterocycles. The highest BCUT2D eigenvalue weighted by molar-refractivity contribution is 7.08. The predicted molar refractivity (Wildman–Crippen MR) is 95.3 cm³/mol. The third-order valence-electron chi connectivity index (χ3n) is 4.79. The van der Waals surface area contributed by atoms with Gasteiger partial charge in [0.1, 0.15) is 6.26 Å². The van der Waals surface area contributed by atoms with Crippen LogP contribution in [-0.2, 0) is 11.3 Å². The average molecular weight is 390 g/mol. The van der Waals surface area contributed by atoms with Crippen LogP contribution in [-0.4, -0.2) is 34.0 Å². The van der Waals surface area contributed by atoms with Crippen LogP contribution < -0.4 is 0 Å². The van der Waals surface area contributed by atoms with Gasteiger partial charge in [0.05, 0.1) is 11.6 Å². The maximum Gasteiger partial charge on any atom is 0.308 e. The first-order valence-electron chi connectivity index (χ1n) is 8.38. The first-order chi connectivity index (χ1) is 13.0. The Hall–Kier alpha value is -2.58. The number of thiophene rings is 1. The molecule has 1 N–H and O–H groups in total. The summed E-state index contributed by atoms with van der Waals surface area (Å²) in [7, 11) is 0. The third kappa shape index (κ3) is 3.63. The quantitative estimate of drug-likeness (QED) is 0.714. The van der Waals surface area contributed by atoms with Crippen molar-refractivity contribution >= 4 is 17.3 Å². The van der Waals surface area contributed by atoms with Gasteiger partial charge in [-0.3, -0.25) is 9.69 Å². The first-order valence-corrected chi connectivity index (χ1v) is 9.32. The summed E-state index contributed by atoms with van der Waals surface area (Å²) in [5.74, 6) is -3.04. The Balaban J connectivity index is 1.49. The predicted octanol–water partition coefficient (Wildman–Crippen LogP) is 3.98. The van der Waals surface area contributed by atoms with Crippen LogP contribution in [0.5, 0.6) is 0 Å². The van der Waals surface area contributed by atoms with Gasteiger partial charge in [0.15, 0.2) is 11.6 Å². The maximum absolute atomic E-state index is 13.4. The van der Waals surface area contributed by atoms with Crippen molar-refractivity contribution in [3.05, 3.63) is 64.2 Å². The van der Waals surface area contributed by atoms with Crippen LogP contribution in [0.1, 0.15) is 17.2 Å². The Labute approximate surface area is 157 Å². The lowest BCUT2D eigenvalue weighted by Crippen LogP contribution is -2.23. The molecule has 0 unspecified atom stereocenters. The maximum atomic E-state index is 13.4. The first kappa shape index (κ1) is 17.8. The molecule has 1 aliphatic rings. The summed E-state index contributed by atoms with van der Waals surface area (Å²) in [6.07, 6.45) is 1.46. The second-order valence-electron chi connectivity index (χ2n) is 6.57. The highest BCUT2D eigenvalue weighted by Crippen LogP contribution is 2.35. The van der Waals surface area contributed by atoms with Crippen molar-refractivity contribution < 1.29 is 23.1 Å². The van der Waals surface area contributed by atoms with Crippen molar-refractivity contribution in [3.63, 3.8) is 0 Å². The number of oxazole rings is 1. The summed E-state index contributed by atoms with van der Waals surface area (Å²) in [5, 5.41) is 13.5. The van der Waals surface area contributed by atoms with Gasteiger partial charge >= 0.3 is 5.97 Å². The highest BCUT2D eigenvalue weighted by atomic mass is 32.1. The van der Waals surface area contributed by atoms with Crippen molar-refractivity contribution in [3.8, 4) is 11.5 Å². The minimum Gasteiger partial charge on any atom is -0.481 e. The molecule has 1 aromatic carbocycles. The number of carboxylic acids is 1. The molecule has 2 atom stereocenters. The normalized spacial score (nSPS) is 20.2. The average Bonchev–Trinajstić information content (AvgIpc) is 3.37. The number of benzene rings is 1. The summed E-state index contributed by atoms with van der Waals surface area (Å²) in [6.45, 7) is 1.46. The van der Waals surface area contributed by atoms with Crippen molar-refractivity contribution in [2.24, 2.45) is 5.92 Å². The number of hydrogen-bond acceptors (Lipinski definition) is 5. The lowest BCUT2D eigenvalue weighted by Gasteiger charge is -2.13. The van der Waals surface area contributed by atoms with E-state index in [1.807, 2.05) is 21.7 Å². The van der Waals surface area contributed by atoms with E-state index >= 15 is 0 Å². The second-order valence-corrected chi connectivity index (χ2v) is 7.35. The van der Waals surface area contributed by atoms with Crippen LogP contribution in [0.4, 0.5) is 8.78 Å². The van der Waals surface area contributed by atoms with Crippen LogP contribution in [0.15, 0.2) is 45.7 Å². The van der Waals surface area contributed by atoms with Crippen molar-refractivity contribution in [1.29, 1.82) is 0 Å². The molecule has 0 bridgehead atoms. The fraction of sp³-hybridized carbons (Fsp3) is 0.263. The molecule has 3 heterocycles. The third-order valence-corrected chi connectivity index (χ3v) is 5.49. The van der Waals surface area contributed by atoms with Gasteiger partial charge < -0.3 is 9.52 Å². The van der Waals surface area contributed by atoms with Crippen molar-refractivity contribution in [2.75, 3.05) is 13.1 Å². The molecule has 1 aliphatic heterocycles. The summed E-state index contributed by atoms with van der Waals surface area (Å²) in [5.41, 5.74) is 2.00. The van der Waals surface area contributed by atoms with Crippen LogP contribution in [0.2, 0.25) is 0 Å². The van der Waals surface area contributed by atoms with E-state index in [9.17, 15) is 18.7 Å². The lowest BCUT2D eigenvalue weighted by atomic mass is 9.91. The molecule has 8 heteroatoms. The molecule has 140 valence electrons. The van der Waals surface area contributed by atoms with E-state index in [0.29, 0.717) is 30.9 Å². The van der Waals surface area contributed by atoms with Gasteiger partial charge in [-0.05, 0) is 40.6 Å². The second kappa shape index (κ2) is 7.21. The molecule has 0 aliphatic carbocycles. The number of aromatic nitrogens is 1. The van der Waals surface area contributed by atoms with Crippen molar-refractivity contribution in [2.45, 2.75) is 12.5 Å². The number of carboxylic acid groups (broad SMARTS) is 1. The smallest absolute Gasteiger partial charge is 0.308 e. The Kier molecular flexibility index (Phi) is 4.75. The lowest BCUT2D eigenvalue weighted by molar-refractivity contribution is -0.141. The van der Waals surface area contributed by atoms with E-state index in [2.05, 4.69) is 4.98 Å². The number of halogens is 2. The van der Waals surface area contributed by atoms with E-state index in [0.717, 1.165) is 17.7 Å². The zero-order valence-electron chi connectivity index (χ0n) is 14.1. The van der Waals surface area contributed by atoms with Gasteiger partial charge in [0.25, 0.3) is 0 Å². The van der Waals surface area contributed by atoms with Crippen LogP contribution in [0, 0.1) is 17.6 Å². The Morgan fingerprint density at radius 2 is 2.15 bits per heavy atom. The molecule has 1 fully saturated rings. The van der Waals surface area contributed by atoms with Gasteiger partial charge in [-0.2, -0.15) is 11.3 Å². The SMILES string of the molecule is O=C(O)[C@@H]1CN(Cc2coc(-c3ccc(F)c(F)c3)n2)C[C@H]1c1ccsc1. The van der Waals surface area contributed by atoms with E-state index in [1.165, 1.54) is 12.3 Å². The standard InChI is InChI=1S/C19H16F2N2O3S/c20-16-2-1-11(5-17(16)21)18-22-13(9-26-18)6-23-7-14(12-3-4-27-10-12)15(8-23)19(24)25/h1-5,9-10,14-15H,6-8H2,(H,24,25)/t14-,15+/m0/s1. The van der Waals surface area contributed by atoms with Gasteiger partial charge in [-0.25, -0.2) is 13.8 Å². The molecule has 2 aromatic heterocycles. The fourth-order valence-electron chi connectivity index (χ4n) is 3.46. The largest absolute Gasteiger partial charge is 0.481 e. The molecule has 0 radical (unpaired) electrons. The van der Waals surface area contributed by atoms with Gasteiger partial charge in [0, 0.05) is 31.1 Å². The summed E-state index contributed by atoms with van der Waals surface area (Å²) < 4.78 is 31.8. The number of hydrogen-bond donors (Lipinski definition) is 1. The summed E-state index contributed by atoms with van der Waals surface area (Å²) in [6, 6.07) is 5.43. The minimum atomic E-state index is -0.963. The molecule has 0 saturated carbocycles. The van der Waals surface area contributed by atoms with Crippen LogP contribution >= 0.6 is 11.3 Å². The molecule has 0 spiro atoms. The monoisotopic (exact) mass is 390 g/mol. The Bertz CT molecular complexity index is 958. The number of nitrogens with zero attached hydrogens (tertiary/aromatic N) is 2. The molecule has 0 amide bonds. The van der Waals surface area contributed by atoms with E-state index in [1.54, 1.807) is 11.3 Å². The van der Waals surface area contributed by atoms with Crippen molar-refractivity contribution in [1.82, 2.24) is 9.88 Å². The number of carbonyl (C=O) groups is 1. The van der Waals surface area contributed by atoms with E-state index < -0.39 is 23.5 Å². The Morgan fingerprint density at radius 1 is 1.30 bits per heavy atom. The fourth-order valence-corrected chi connectivity index (χ4v) is 4.18. The van der Waals surface area contributed by atoms with Gasteiger partial charge in [0.2, 0.25) is 5.89 Å². The zero-order valence-corrected chi connectivity index (χ0v) is 15.0. The van der Waals surface area contributed by atoms with Crippen LogP contribution in [0.25, 0.3) is 11.5 Å². The number of aliphatic carboxylic acids is 1. The molecule has 4 rings (SSSR count). The molecule has 27 heavy (non-hydrogen) atoms. The highest BCUT2D eigenvalue weighted by Gasteiger charge is 2.38. The topological polar surface area (TPSA) is 66.6 Å². The number of likely N-dealkylation sites (tertiary alicyclic amines) is 1. The zero-order chi connectivity index (χ0) is 19.0. The Morgan fingerprint density at radius 3 is 2.85 bits per heavy atom. The molecular formula is C19H16F2N2O3S. The van der Waals surface area contributed by atoms with Crippen LogP contribution in [0.3, 0.4) is 0 Å². The van der Waals surface area contributed by atoms with Gasteiger partial charge in [-0.1, -0.05) is 0 Å².